The molecule has 6 rings (SSSR count). The zero-order valence-corrected chi connectivity index (χ0v) is 37.4. The van der Waals surface area contributed by atoms with Crippen LogP contribution in [0.5, 0.6) is 0 Å². The Balaban J connectivity index is 0.00000281. The molecule has 0 amide bonds. The Morgan fingerprint density at radius 3 is 1.66 bits per heavy atom. The van der Waals surface area contributed by atoms with Crippen molar-refractivity contribution in [3.8, 4) is 11.1 Å². The topological polar surface area (TPSA) is 0 Å². The van der Waals surface area contributed by atoms with E-state index in [-0.39, 0.29) is 35.6 Å². The number of benzene rings is 4. The molecule has 2 aliphatic rings. The third-order valence-corrected chi connectivity index (χ3v) is 18.4. The second-order valence-electron chi connectivity index (χ2n) is 14.8. The minimum atomic E-state index is -3.15. The van der Waals surface area contributed by atoms with Gasteiger partial charge < -0.3 is 0 Å². The van der Waals surface area contributed by atoms with Gasteiger partial charge in [-0.15, -0.1) is 24.8 Å². The summed E-state index contributed by atoms with van der Waals surface area (Å²) in [5.74, 6) is 0. The Labute approximate surface area is 347 Å². The molecular formula is C41H40Cl8Zr. The Bertz CT molecular complexity index is 1950. The van der Waals surface area contributed by atoms with Crippen molar-refractivity contribution < 1.29 is 21.3 Å². The number of rotatable bonds is 4. The van der Waals surface area contributed by atoms with Gasteiger partial charge in [0.25, 0.3) is 0 Å². The summed E-state index contributed by atoms with van der Waals surface area (Å²) in [5, 5.41) is 0. The molecular weight excluding hydrogens is 867 g/mol. The van der Waals surface area contributed by atoms with Gasteiger partial charge in [-0.25, -0.2) is 0 Å². The normalized spacial score (nSPS) is 14.0. The fraction of sp³-hybridized carbons (Fsp3) is 0.293. The molecule has 0 N–H and O–H groups in total. The summed E-state index contributed by atoms with van der Waals surface area (Å²) in [6, 6.07) is 27.9. The van der Waals surface area contributed by atoms with Crippen LogP contribution in [0.25, 0.3) is 11.1 Å². The number of alkyl halides is 6. The van der Waals surface area contributed by atoms with Crippen LogP contribution in [-0.4, -0.2) is 3.21 Å². The van der Waals surface area contributed by atoms with Crippen LogP contribution >= 0.6 is 94.4 Å². The minimum absolute atomic E-state index is 0. The van der Waals surface area contributed by atoms with Gasteiger partial charge in [0.05, 0.1) is 0 Å². The van der Waals surface area contributed by atoms with Crippen LogP contribution in [0, 0.1) is 0 Å². The van der Waals surface area contributed by atoms with Crippen molar-refractivity contribution in [1.82, 2.24) is 0 Å². The van der Waals surface area contributed by atoms with Gasteiger partial charge in [0, 0.05) is 0 Å². The molecule has 0 radical (unpaired) electrons. The molecule has 0 unspecified atom stereocenters. The van der Waals surface area contributed by atoms with Crippen molar-refractivity contribution in [1.29, 1.82) is 0 Å². The fourth-order valence-electron chi connectivity index (χ4n) is 6.89. The second kappa shape index (κ2) is 15.7. The minimum Gasteiger partial charge on any atom is -0.147 e. The van der Waals surface area contributed by atoms with Gasteiger partial charge in [0.1, 0.15) is 0 Å². The van der Waals surface area contributed by atoms with Gasteiger partial charge in [-0.1, -0.05) is 0 Å². The molecule has 9 heteroatoms. The summed E-state index contributed by atoms with van der Waals surface area (Å²) >= 11 is 35.9. The van der Waals surface area contributed by atoms with E-state index in [9.17, 15) is 0 Å². The van der Waals surface area contributed by atoms with Crippen LogP contribution in [0.4, 0.5) is 0 Å². The van der Waals surface area contributed by atoms with E-state index in [1.54, 1.807) is 0 Å². The molecule has 2 aliphatic carbocycles. The van der Waals surface area contributed by atoms with Crippen LogP contribution in [0.3, 0.4) is 0 Å². The Morgan fingerprint density at radius 2 is 1.18 bits per heavy atom. The third-order valence-electron chi connectivity index (χ3n) is 9.30. The van der Waals surface area contributed by atoms with Crippen LogP contribution in [0.2, 0.25) is 0 Å². The van der Waals surface area contributed by atoms with Crippen LogP contribution < -0.4 is 3.27 Å². The van der Waals surface area contributed by atoms with Crippen molar-refractivity contribution in [2.45, 2.75) is 72.8 Å². The largest absolute Gasteiger partial charge is 0.147 e. The van der Waals surface area contributed by atoms with Crippen molar-refractivity contribution in [2.24, 2.45) is 0 Å². The molecule has 0 bridgehead atoms. The van der Waals surface area contributed by atoms with Crippen LogP contribution in [0.15, 0.2) is 100 Å². The van der Waals surface area contributed by atoms with E-state index in [0.717, 1.165) is 24.0 Å². The van der Waals surface area contributed by atoms with E-state index < -0.39 is 28.9 Å². The summed E-state index contributed by atoms with van der Waals surface area (Å²) in [7, 11) is 0. The standard InChI is InChI=1S/C21H25.C15H8Cl6.C5H5.2ClH.Zr/c1-20(2,3)16-7-9-18-14(12-16)11-15-13-17(21(4,5)6)8-10-19(15)18;16-14(17,18)12-5-1-3-10(8-12)7-11-4-2-6-13(9-11)15(19,20)21;1-2-4-5-3-1;;;/h7-10,12H,11H2,1-6H3;1-6,8-9H;1-3H,4H2;2*1H;. The van der Waals surface area contributed by atoms with Gasteiger partial charge in [0.15, 0.2) is 0 Å². The number of allylic oxidation sites excluding steroid dienone is 4. The van der Waals surface area contributed by atoms with Crippen molar-refractivity contribution >= 4 is 101 Å². The Morgan fingerprint density at radius 1 is 0.620 bits per heavy atom. The third kappa shape index (κ3) is 8.70. The molecule has 50 heavy (non-hydrogen) atoms. The van der Waals surface area contributed by atoms with Crippen LogP contribution in [-0.2, 0) is 46.1 Å². The molecule has 0 saturated heterocycles. The van der Waals surface area contributed by atoms with E-state index in [0.29, 0.717) is 11.1 Å². The van der Waals surface area contributed by atoms with E-state index in [1.165, 1.54) is 43.1 Å². The molecule has 264 valence electrons. The van der Waals surface area contributed by atoms with Gasteiger partial charge in [-0.3, -0.25) is 0 Å². The molecule has 0 aromatic heterocycles. The van der Waals surface area contributed by atoms with E-state index in [4.69, 9.17) is 69.6 Å². The number of hydrogen-bond acceptors (Lipinski definition) is 0. The van der Waals surface area contributed by atoms with E-state index >= 15 is 0 Å². The predicted molar refractivity (Wildman–Crippen MR) is 223 cm³/mol. The van der Waals surface area contributed by atoms with E-state index in [2.05, 4.69) is 102 Å². The fourth-order valence-corrected chi connectivity index (χ4v) is 16.5. The summed E-state index contributed by atoms with van der Waals surface area (Å²) in [4.78, 5) is 0. The summed E-state index contributed by atoms with van der Waals surface area (Å²) in [6.45, 7) is 13.8. The molecule has 0 spiro atoms. The maximum absolute atomic E-state index is 6.51. The molecule has 0 aliphatic heterocycles. The van der Waals surface area contributed by atoms with Crippen molar-refractivity contribution in [3.63, 3.8) is 0 Å². The second-order valence-corrected chi connectivity index (χ2v) is 25.2. The average molecular weight is 908 g/mol. The Kier molecular flexibility index (Phi) is 13.2. The first-order valence-electron chi connectivity index (χ1n) is 16.1. The first-order chi connectivity index (χ1) is 22.3. The van der Waals surface area contributed by atoms with Gasteiger partial charge in [-0.05, 0) is 0 Å². The zero-order chi connectivity index (χ0) is 34.8. The summed E-state index contributed by atoms with van der Waals surface area (Å²) in [6.07, 6.45) is 8.62. The summed E-state index contributed by atoms with van der Waals surface area (Å²) < 4.78 is 1.12. The average Bonchev–Trinajstić information content (AvgIpc) is 3.66. The molecule has 0 nitrogen and oxygen atoms in total. The van der Waals surface area contributed by atoms with Crippen LogP contribution in [0.1, 0.15) is 92.5 Å². The molecule has 4 aromatic rings. The van der Waals surface area contributed by atoms with Gasteiger partial charge >= 0.3 is 326 Å². The number of fused-ring (bicyclic) bond motifs is 3. The molecule has 0 fully saturated rings. The summed E-state index contributed by atoms with van der Waals surface area (Å²) in [5.41, 5.74) is 11.5. The maximum atomic E-state index is 6.51. The first-order valence-corrected chi connectivity index (χ1v) is 22.1. The molecule has 0 atom stereocenters. The van der Waals surface area contributed by atoms with E-state index in [1.807, 2.05) is 36.4 Å². The molecule has 4 aromatic carbocycles. The predicted octanol–water partition coefficient (Wildman–Crippen LogP) is 13.7. The monoisotopic (exact) mass is 902 g/mol. The number of hydrogen-bond donors (Lipinski definition) is 0. The van der Waals surface area contributed by atoms with Gasteiger partial charge in [0.2, 0.25) is 0 Å². The number of halogens is 8. The zero-order valence-electron chi connectivity index (χ0n) is 28.7. The van der Waals surface area contributed by atoms with Crippen molar-refractivity contribution in [2.75, 3.05) is 0 Å². The molecule has 0 heterocycles. The SMILES string of the molecule is CC(C)(C)c1ccc2c(c1)Cc1c-2ccc(C(C)(C)C)[c]1[Zr]([C]1=CC=CC1)=[C](c1cccc(C(Cl)(Cl)Cl)c1)c1cccc(C(Cl)(Cl)Cl)c1.Cl.Cl. The smallest absolute Gasteiger partial charge is 0.147 e. The Hall–Kier alpha value is -0.567. The quantitative estimate of drug-likeness (QED) is 0.158. The maximum Gasteiger partial charge on any atom is -0.147 e. The van der Waals surface area contributed by atoms with Gasteiger partial charge in [-0.2, -0.15) is 0 Å². The molecule has 0 saturated carbocycles. The van der Waals surface area contributed by atoms with Crippen molar-refractivity contribution in [3.05, 3.63) is 145 Å². The first kappa shape index (κ1) is 42.2.